The van der Waals surface area contributed by atoms with Gasteiger partial charge in [0, 0.05) is 0 Å². The standard InChI is InChI=1S/C28H50O2/c1-18(2)28(6,30)16-11-19(3)23-9-10-24-22-8-7-20-17-21(29)12-14-26(20,4)25(22)13-15-27(23,24)5/h18-25,29-30H,7-17H2,1-6H3. The molecule has 4 rings (SSSR count). The van der Waals surface area contributed by atoms with E-state index in [9.17, 15) is 10.2 Å². The molecule has 10 atom stereocenters. The SMILES string of the molecule is CC(CCC(C)(O)C(C)C)C1CCC2C3CCC4CC(O)CCC4(C)C3CCC12C. The maximum atomic E-state index is 10.8. The molecule has 2 N–H and O–H groups in total. The van der Waals surface area contributed by atoms with Crippen molar-refractivity contribution < 1.29 is 10.2 Å². The summed E-state index contributed by atoms with van der Waals surface area (Å²) >= 11 is 0. The number of fused-ring (bicyclic) bond motifs is 5. The fraction of sp³-hybridized carbons (Fsp3) is 1.00. The van der Waals surface area contributed by atoms with Crippen LogP contribution in [0.4, 0.5) is 0 Å². The molecular weight excluding hydrogens is 368 g/mol. The minimum Gasteiger partial charge on any atom is -0.393 e. The Kier molecular flexibility index (Phi) is 6.20. The molecule has 0 aliphatic heterocycles. The van der Waals surface area contributed by atoms with Crippen LogP contribution >= 0.6 is 0 Å². The predicted molar refractivity (Wildman–Crippen MR) is 125 cm³/mol. The Morgan fingerprint density at radius 2 is 1.57 bits per heavy atom. The maximum Gasteiger partial charge on any atom is 0.0642 e. The summed E-state index contributed by atoms with van der Waals surface area (Å²) in [6.45, 7) is 14.1. The Morgan fingerprint density at radius 1 is 0.900 bits per heavy atom. The van der Waals surface area contributed by atoms with Crippen LogP contribution in [0.25, 0.3) is 0 Å². The second-order valence-electron chi connectivity index (χ2n) is 13.3. The van der Waals surface area contributed by atoms with Crippen LogP contribution in [-0.4, -0.2) is 21.9 Å². The van der Waals surface area contributed by atoms with Gasteiger partial charge in [-0.05, 0) is 130 Å². The van der Waals surface area contributed by atoms with Gasteiger partial charge in [0.05, 0.1) is 11.7 Å². The normalized spacial score (nSPS) is 49.1. The van der Waals surface area contributed by atoms with E-state index in [0.29, 0.717) is 16.7 Å². The number of hydrogen-bond acceptors (Lipinski definition) is 2. The third-order valence-corrected chi connectivity index (χ3v) is 11.7. The zero-order valence-corrected chi connectivity index (χ0v) is 20.8. The van der Waals surface area contributed by atoms with E-state index in [4.69, 9.17) is 0 Å². The van der Waals surface area contributed by atoms with Crippen molar-refractivity contribution in [3.05, 3.63) is 0 Å². The second-order valence-corrected chi connectivity index (χ2v) is 13.3. The van der Waals surface area contributed by atoms with Crippen LogP contribution in [0.2, 0.25) is 0 Å². The molecule has 2 nitrogen and oxygen atoms in total. The van der Waals surface area contributed by atoms with Gasteiger partial charge >= 0.3 is 0 Å². The quantitative estimate of drug-likeness (QED) is 0.513. The number of aliphatic hydroxyl groups is 2. The Balaban J connectivity index is 1.46. The first-order valence-corrected chi connectivity index (χ1v) is 13.4. The van der Waals surface area contributed by atoms with Crippen molar-refractivity contribution in [3.63, 3.8) is 0 Å². The topological polar surface area (TPSA) is 40.5 Å². The fourth-order valence-corrected chi connectivity index (χ4v) is 9.22. The molecule has 0 aromatic carbocycles. The van der Waals surface area contributed by atoms with Crippen molar-refractivity contribution in [1.82, 2.24) is 0 Å². The highest BCUT2D eigenvalue weighted by Gasteiger charge is 2.60. The van der Waals surface area contributed by atoms with E-state index in [1.807, 2.05) is 6.92 Å². The summed E-state index contributed by atoms with van der Waals surface area (Å²) in [6, 6.07) is 0. The highest BCUT2D eigenvalue weighted by Crippen LogP contribution is 2.68. The van der Waals surface area contributed by atoms with Gasteiger partial charge in [0.2, 0.25) is 0 Å². The van der Waals surface area contributed by atoms with E-state index in [1.54, 1.807) is 0 Å². The van der Waals surface area contributed by atoms with Crippen LogP contribution in [0.3, 0.4) is 0 Å². The lowest BCUT2D eigenvalue weighted by molar-refractivity contribution is -0.129. The smallest absolute Gasteiger partial charge is 0.0642 e. The van der Waals surface area contributed by atoms with Crippen molar-refractivity contribution in [2.75, 3.05) is 0 Å². The first-order chi connectivity index (χ1) is 14.0. The average molecular weight is 419 g/mol. The molecule has 0 amide bonds. The van der Waals surface area contributed by atoms with Crippen molar-refractivity contribution in [2.24, 2.45) is 52.3 Å². The summed E-state index contributed by atoms with van der Waals surface area (Å²) < 4.78 is 0. The molecule has 4 aliphatic carbocycles. The minimum absolute atomic E-state index is 0.0340. The van der Waals surface area contributed by atoms with Crippen molar-refractivity contribution in [2.45, 2.75) is 124 Å². The molecular formula is C28H50O2. The van der Waals surface area contributed by atoms with Gasteiger partial charge in [0.1, 0.15) is 0 Å². The fourth-order valence-electron chi connectivity index (χ4n) is 9.22. The van der Waals surface area contributed by atoms with Crippen molar-refractivity contribution >= 4 is 0 Å². The lowest BCUT2D eigenvalue weighted by Crippen LogP contribution is -2.54. The predicted octanol–water partition coefficient (Wildman–Crippen LogP) is 6.83. The maximum absolute atomic E-state index is 10.8. The largest absolute Gasteiger partial charge is 0.393 e. The van der Waals surface area contributed by atoms with Gasteiger partial charge in [0.15, 0.2) is 0 Å². The summed E-state index contributed by atoms with van der Waals surface area (Å²) in [7, 11) is 0. The van der Waals surface area contributed by atoms with Crippen LogP contribution in [0, 0.1) is 52.3 Å². The molecule has 0 aromatic heterocycles. The van der Waals surface area contributed by atoms with E-state index in [1.165, 1.54) is 51.4 Å². The third kappa shape index (κ3) is 3.70. The Bertz CT molecular complexity index is 612. The van der Waals surface area contributed by atoms with E-state index >= 15 is 0 Å². The van der Waals surface area contributed by atoms with Crippen molar-refractivity contribution in [3.8, 4) is 0 Å². The second kappa shape index (κ2) is 8.05. The average Bonchev–Trinajstić information content (AvgIpc) is 3.04. The van der Waals surface area contributed by atoms with Gasteiger partial charge in [0.25, 0.3) is 0 Å². The van der Waals surface area contributed by atoms with Gasteiger partial charge in [-0.1, -0.05) is 34.6 Å². The molecule has 0 heterocycles. The molecule has 174 valence electrons. The van der Waals surface area contributed by atoms with Crippen LogP contribution in [0.5, 0.6) is 0 Å². The van der Waals surface area contributed by atoms with E-state index in [2.05, 4.69) is 34.6 Å². The lowest BCUT2D eigenvalue weighted by Gasteiger charge is -2.61. The summed E-state index contributed by atoms with van der Waals surface area (Å²) in [5.74, 6) is 5.40. The Hall–Kier alpha value is -0.0800. The minimum atomic E-state index is -0.524. The van der Waals surface area contributed by atoms with Gasteiger partial charge in [-0.2, -0.15) is 0 Å². The number of hydrogen-bond donors (Lipinski definition) is 2. The molecule has 4 aliphatic rings. The number of aliphatic hydroxyl groups excluding tert-OH is 1. The molecule has 0 radical (unpaired) electrons. The molecule has 0 bridgehead atoms. The summed E-state index contributed by atoms with van der Waals surface area (Å²) in [5.41, 5.74) is 0.480. The van der Waals surface area contributed by atoms with E-state index in [-0.39, 0.29) is 6.10 Å². The molecule has 2 heteroatoms. The summed E-state index contributed by atoms with van der Waals surface area (Å²) in [4.78, 5) is 0. The highest BCUT2D eigenvalue weighted by molar-refractivity contribution is 5.09. The monoisotopic (exact) mass is 418 g/mol. The van der Waals surface area contributed by atoms with Crippen LogP contribution in [-0.2, 0) is 0 Å². The highest BCUT2D eigenvalue weighted by atomic mass is 16.3. The van der Waals surface area contributed by atoms with Gasteiger partial charge < -0.3 is 10.2 Å². The van der Waals surface area contributed by atoms with Crippen LogP contribution < -0.4 is 0 Å². The molecule has 10 unspecified atom stereocenters. The zero-order chi connectivity index (χ0) is 21.9. The molecule has 0 spiro atoms. The lowest BCUT2D eigenvalue weighted by atomic mass is 9.44. The Labute approximate surface area is 186 Å². The molecule has 0 saturated heterocycles. The first-order valence-electron chi connectivity index (χ1n) is 13.4. The van der Waals surface area contributed by atoms with Crippen LogP contribution in [0.1, 0.15) is 112 Å². The summed E-state index contributed by atoms with van der Waals surface area (Å²) in [5, 5.41) is 21.0. The first kappa shape index (κ1) is 23.1. The summed E-state index contributed by atoms with van der Waals surface area (Å²) in [6.07, 6.45) is 13.9. The van der Waals surface area contributed by atoms with Crippen molar-refractivity contribution in [1.29, 1.82) is 0 Å². The molecule has 4 saturated carbocycles. The number of rotatable bonds is 5. The molecule has 0 aromatic rings. The van der Waals surface area contributed by atoms with Gasteiger partial charge in [-0.3, -0.25) is 0 Å². The zero-order valence-electron chi connectivity index (χ0n) is 20.8. The van der Waals surface area contributed by atoms with E-state index < -0.39 is 5.60 Å². The van der Waals surface area contributed by atoms with Crippen LogP contribution in [0.15, 0.2) is 0 Å². The molecule has 30 heavy (non-hydrogen) atoms. The van der Waals surface area contributed by atoms with E-state index in [0.717, 1.165) is 54.8 Å². The van der Waals surface area contributed by atoms with Gasteiger partial charge in [-0.25, -0.2) is 0 Å². The van der Waals surface area contributed by atoms with Gasteiger partial charge in [-0.15, -0.1) is 0 Å². The Morgan fingerprint density at radius 3 is 2.27 bits per heavy atom. The third-order valence-electron chi connectivity index (χ3n) is 11.7. The molecule has 4 fully saturated rings.